The van der Waals surface area contributed by atoms with Gasteiger partial charge in [0.25, 0.3) is 5.91 Å². The molecule has 1 N–H and O–H groups in total. The number of ether oxygens (including phenoxy) is 1. The Bertz CT molecular complexity index is 540. The number of carbonyl (C=O) groups is 1. The van der Waals surface area contributed by atoms with E-state index >= 15 is 0 Å². The highest BCUT2D eigenvalue weighted by Crippen LogP contribution is 2.33. The number of hydrogen-bond donors (Lipinski definition) is 1. The quantitative estimate of drug-likeness (QED) is 0.868. The SMILES string of the molecule is COC[C@H](NC1CCN(C(=O)c2ccccc2Cl)CC1)C1CC1. The number of likely N-dealkylation sites (tertiary alicyclic amines) is 1. The standard InChI is InChI=1S/C18H25ClN2O2/c1-23-12-17(13-6-7-13)20-14-8-10-21(11-9-14)18(22)15-4-2-3-5-16(15)19/h2-5,13-14,17,20H,6-12H2,1H3/t17-/m0/s1. The lowest BCUT2D eigenvalue weighted by molar-refractivity contribution is 0.0690. The summed E-state index contributed by atoms with van der Waals surface area (Å²) < 4.78 is 5.34. The maximum Gasteiger partial charge on any atom is 0.255 e. The van der Waals surface area contributed by atoms with Crippen LogP contribution < -0.4 is 5.32 Å². The fourth-order valence-electron chi connectivity index (χ4n) is 3.36. The van der Waals surface area contributed by atoms with E-state index in [9.17, 15) is 4.79 Å². The zero-order valence-corrected chi connectivity index (χ0v) is 14.4. The van der Waals surface area contributed by atoms with Crippen molar-refractivity contribution in [2.45, 2.75) is 37.8 Å². The number of piperidine rings is 1. The summed E-state index contributed by atoms with van der Waals surface area (Å²) in [5, 5.41) is 4.27. The summed E-state index contributed by atoms with van der Waals surface area (Å²) in [6.45, 7) is 2.35. The minimum absolute atomic E-state index is 0.0460. The van der Waals surface area contributed by atoms with Crippen LogP contribution in [-0.2, 0) is 4.74 Å². The molecule has 1 atom stereocenters. The molecule has 1 aliphatic heterocycles. The molecule has 1 aromatic carbocycles. The number of nitrogens with zero attached hydrogens (tertiary/aromatic N) is 1. The Labute approximate surface area is 143 Å². The highest BCUT2D eigenvalue weighted by molar-refractivity contribution is 6.33. The third-order valence-electron chi connectivity index (χ3n) is 4.87. The Morgan fingerprint density at radius 3 is 2.61 bits per heavy atom. The van der Waals surface area contributed by atoms with E-state index in [4.69, 9.17) is 16.3 Å². The first kappa shape index (κ1) is 16.7. The van der Waals surface area contributed by atoms with E-state index in [1.54, 1.807) is 19.2 Å². The van der Waals surface area contributed by atoms with Crippen LogP contribution in [-0.4, -0.2) is 49.7 Å². The molecule has 3 rings (SSSR count). The van der Waals surface area contributed by atoms with Crippen LogP contribution in [0.25, 0.3) is 0 Å². The fourth-order valence-corrected chi connectivity index (χ4v) is 3.57. The average Bonchev–Trinajstić information content (AvgIpc) is 3.40. The van der Waals surface area contributed by atoms with Crippen LogP contribution in [0.3, 0.4) is 0 Å². The minimum Gasteiger partial charge on any atom is -0.383 e. The van der Waals surface area contributed by atoms with Crippen molar-refractivity contribution in [3.05, 3.63) is 34.9 Å². The van der Waals surface area contributed by atoms with Crippen LogP contribution in [0, 0.1) is 5.92 Å². The zero-order valence-electron chi connectivity index (χ0n) is 13.6. The lowest BCUT2D eigenvalue weighted by Crippen LogP contribution is -2.49. The molecule has 0 spiro atoms. The lowest BCUT2D eigenvalue weighted by atomic mass is 10.0. The van der Waals surface area contributed by atoms with Gasteiger partial charge in [0.2, 0.25) is 0 Å². The maximum absolute atomic E-state index is 12.6. The average molecular weight is 337 g/mol. The Kier molecular flexibility index (Phi) is 5.57. The summed E-state index contributed by atoms with van der Waals surface area (Å²) in [6.07, 6.45) is 4.60. The molecule has 126 valence electrons. The van der Waals surface area contributed by atoms with Crippen LogP contribution in [0.2, 0.25) is 5.02 Å². The van der Waals surface area contributed by atoms with E-state index in [1.165, 1.54) is 12.8 Å². The largest absolute Gasteiger partial charge is 0.383 e. The molecule has 0 aromatic heterocycles. The van der Waals surface area contributed by atoms with E-state index in [1.807, 2.05) is 17.0 Å². The number of hydrogen-bond acceptors (Lipinski definition) is 3. The molecule has 2 fully saturated rings. The Hall–Kier alpha value is -1.10. The van der Waals surface area contributed by atoms with Gasteiger partial charge in [-0.2, -0.15) is 0 Å². The van der Waals surface area contributed by atoms with Crippen molar-refractivity contribution in [2.75, 3.05) is 26.8 Å². The van der Waals surface area contributed by atoms with E-state index in [2.05, 4.69) is 5.32 Å². The molecular formula is C18H25ClN2O2. The summed E-state index contributed by atoms with van der Waals surface area (Å²) >= 11 is 6.14. The maximum atomic E-state index is 12.6. The van der Waals surface area contributed by atoms with Gasteiger partial charge >= 0.3 is 0 Å². The van der Waals surface area contributed by atoms with Crippen molar-refractivity contribution < 1.29 is 9.53 Å². The van der Waals surface area contributed by atoms with Gasteiger partial charge in [0.15, 0.2) is 0 Å². The van der Waals surface area contributed by atoms with Gasteiger partial charge in [-0.1, -0.05) is 23.7 Å². The highest BCUT2D eigenvalue weighted by atomic mass is 35.5. The van der Waals surface area contributed by atoms with E-state index in [0.717, 1.165) is 38.5 Å². The van der Waals surface area contributed by atoms with Gasteiger partial charge in [-0.3, -0.25) is 4.79 Å². The van der Waals surface area contributed by atoms with Gasteiger partial charge in [-0.15, -0.1) is 0 Å². The third kappa shape index (κ3) is 4.25. The molecule has 2 aliphatic rings. The van der Waals surface area contributed by atoms with Gasteiger partial charge < -0.3 is 15.0 Å². The molecule has 0 bridgehead atoms. The number of carbonyl (C=O) groups excluding carboxylic acids is 1. The molecule has 1 saturated carbocycles. The summed E-state index contributed by atoms with van der Waals surface area (Å²) in [7, 11) is 1.77. The molecule has 0 radical (unpaired) electrons. The predicted molar refractivity (Wildman–Crippen MR) is 91.9 cm³/mol. The van der Waals surface area contributed by atoms with Crippen LogP contribution in [0.15, 0.2) is 24.3 Å². The highest BCUT2D eigenvalue weighted by Gasteiger charge is 2.33. The molecule has 1 saturated heterocycles. The summed E-state index contributed by atoms with van der Waals surface area (Å²) in [4.78, 5) is 14.5. The molecule has 4 nitrogen and oxygen atoms in total. The van der Waals surface area contributed by atoms with Gasteiger partial charge in [-0.25, -0.2) is 0 Å². The van der Waals surface area contributed by atoms with Gasteiger partial charge in [0.05, 0.1) is 17.2 Å². The lowest BCUT2D eigenvalue weighted by Gasteiger charge is -2.34. The topological polar surface area (TPSA) is 41.6 Å². The first-order valence-electron chi connectivity index (χ1n) is 8.48. The predicted octanol–water partition coefficient (Wildman–Crippen LogP) is 2.96. The summed E-state index contributed by atoms with van der Waals surface area (Å²) in [5.74, 6) is 0.822. The number of halogens is 1. The second kappa shape index (κ2) is 7.65. The second-order valence-electron chi connectivity index (χ2n) is 6.61. The molecule has 5 heteroatoms. The molecule has 23 heavy (non-hydrogen) atoms. The third-order valence-corrected chi connectivity index (χ3v) is 5.20. The van der Waals surface area contributed by atoms with Gasteiger partial charge in [-0.05, 0) is 43.7 Å². The number of methoxy groups -OCH3 is 1. The van der Waals surface area contributed by atoms with Crippen molar-refractivity contribution in [3.63, 3.8) is 0 Å². The Balaban J connectivity index is 1.52. The van der Waals surface area contributed by atoms with Crippen LogP contribution in [0.5, 0.6) is 0 Å². The van der Waals surface area contributed by atoms with Gasteiger partial charge in [0, 0.05) is 32.3 Å². The molecule has 0 unspecified atom stereocenters. The van der Waals surface area contributed by atoms with Gasteiger partial charge in [0.1, 0.15) is 0 Å². The molecule has 1 amide bonds. The van der Waals surface area contributed by atoms with E-state index in [0.29, 0.717) is 22.7 Å². The van der Waals surface area contributed by atoms with E-state index < -0.39 is 0 Å². The molecular weight excluding hydrogens is 312 g/mol. The first-order valence-corrected chi connectivity index (χ1v) is 8.85. The van der Waals surface area contributed by atoms with Crippen molar-refractivity contribution in [2.24, 2.45) is 5.92 Å². The Morgan fingerprint density at radius 2 is 2.00 bits per heavy atom. The fraction of sp³-hybridized carbons (Fsp3) is 0.611. The van der Waals surface area contributed by atoms with Crippen molar-refractivity contribution in [1.29, 1.82) is 0 Å². The van der Waals surface area contributed by atoms with Crippen molar-refractivity contribution in [1.82, 2.24) is 10.2 Å². The van der Waals surface area contributed by atoms with Crippen molar-refractivity contribution in [3.8, 4) is 0 Å². The molecule has 1 aromatic rings. The second-order valence-corrected chi connectivity index (χ2v) is 7.02. The summed E-state index contributed by atoms with van der Waals surface area (Å²) in [5.41, 5.74) is 0.607. The molecule has 1 heterocycles. The van der Waals surface area contributed by atoms with Crippen LogP contribution >= 0.6 is 11.6 Å². The van der Waals surface area contributed by atoms with Crippen molar-refractivity contribution >= 4 is 17.5 Å². The van der Waals surface area contributed by atoms with Crippen LogP contribution in [0.4, 0.5) is 0 Å². The molecule has 1 aliphatic carbocycles. The first-order chi connectivity index (χ1) is 11.2. The number of benzene rings is 1. The van der Waals surface area contributed by atoms with E-state index in [-0.39, 0.29) is 5.91 Å². The number of nitrogens with one attached hydrogen (secondary N) is 1. The number of rotatable bonds is 6. The number of amides is 1. The zero-order chi connectivity index (χ0) is 16.2. The normalized spacial score (nSPS) is 20.5. The summed E-state index contributed by atoms with van der Waals surface area (Å²) in [6, 6.07) is 8.23. The smallest absolute Gasteiger partial charge is 0.255 e. The minimum atomic E-state index is 0.0460. The Morgan fingerprint density at radius 1 is 1.30 bits per heavy atom. The van der Waals surface area contributed by atoms with Crippen LogP contribution in [0.1, 0.15) is 36.0 Å². The monoisotopic (exact) mass is 336 g/mol.